The maximum Gasteiger partial charge on any atom is 0.364 e. The minimum Gasteiger partial charge on any atom is -1.00 e. The Morgan fingerprint density at radius 1 is 0.857 bits per heavy atom. The first-order valence-corrected chi connectivity index (χ1v) is 9.42. The van der Waals surface area contributed by atoms with Gasteiger partial charge in [-0.15, -0.1) is 5.43 Å². The molecule has 140 valence electrons. The number of hydrogen-bond acceptors (Lipinski definition) is 4. The smallest absolute Gasteiger partial charge is 0.364 e. The molecule has 0 bridgehead atoms. The van der Waals surface area contributed by atoms with Gasteiger partial charge >= 0.3 is 5.13 Å². The number of aromatic hydroxyl groups is 1. The molecule has 0 aliphatic carbocycles. The molecule has 0 amide bonds. The van der Waals surface area contributed by atoms with Gasteiger partial charge < -0.3 is 22.1 Å². The summed E-state index contributed by atoms with van der Waals surface area (Å²) >= 11 is 1.60. The minimum atomic E-state index is 0. The number of thiazole rings is 1. The van der Waals surface area contributed by atoms with Gasteiger partial charge in [-0.2, -0.15) is 4.57 Å². The van der Waals surface area contributed by atoms with Crippen LogP contribution in [0.1, 0.15) is 5.56 Å². The summed E-state index contributed by atoms with van der Waals surface area (Å²) in [6.07, 6.45) is 1.73. The number of halogens is 1. The van der Waals surface area contributed by atoms with Gasteiger partial charge in [-0.3, -0.25) is 0 Å². The molecule has 4 aromatic rings. The molecule has 0 unspecified atom stereocenters. The number of nitrogens with one attached hydrogen (secondary N) is 1. The van der Waals surface area contributed by atoms with Crippen molar-refractivity contribution in [1.29, 1.82) is 0 Å². The molecule has 3 aromatic carbocycles. The van der Waals surface area contributed by atoms with E-state index in [1.807, 2.05) is 48.5 Å². The maximum absolute atomic E-state index is 9.37. The predicted molar refractivity (Wildman–Crippen MR) is 111 cm³/mol. The maximum atomic E-state index is 9.37. The van der Waals surface area contributed by atoms with Crippen molar-refractivity contribution in [1.82, 2.24) is 0 Å². The Hall–Kier alpha value is -2.96. The molecule has 0 aliphatic heterocycles. The summed E-state index contributed by atoms with van der Waals surface area (Å²) in [6, 6.07) is 27.4. The number of phenols is 1. The van der Waals surface area contributed by atoms with Gasteiger partial charge in [0.15, 0.2) is 5.69 Å². The molecule has 4 nitrogen and oxygen atoms in total. The van der Waals surface area contributed by atoms with E-state index in [1.54, 1.807) is 29.7 Å². The number of benzene rings is 3. The zero-order chi connectivity index (χ0) is 18.5. The van der Waals surface area contributed by atoms with E-state index in [9.17, 15) is 5.11 Å². The van der Waals surface area contributed by atoms with Gasteiger partial charge in [0.05, 0.1) is 6.21 Å². The first kappa shape index (κ1) is 19.8. The van der Waals surface area contributed by atoms with Crippen molar-refractivity contribution in [2.75, 3.05) is 5.43 Å². The average Bonchev–Trinajstić information content (AvgIpc) is 3.15. The topological polar surface area (TPSA) is 48.5 Å². The molecular formula is C22H18BrN3OS. The molecule has 0 spiro atoms. The first-order chi connectivity index (χ1) is 13.3. The van der Waals surface area contributed by atoms with Crippen LogP contribution in [0.3, 0.4) is 0 Å². The summed E-state index contributed by atoms with van der Waals surface area (Å²) in [5.41, 5.74) is 7.38. The van der Waals surface area contributed by atoms with Crippen molar-refractivity contribution in [2.45, 2.75) is 0 Å². The van der Waals surface area contributed by atoms with Crippen molar-refractivity contribution < 1.29 is 26.7 Å². The lowest BCUT2D eigenvalue weighted by Crippen LogP contribution is -3.00. The Labute approximate surface area is 178 Å². The summed E-state index contributed by atoms with van der Waals surface area (Å²) in [5, 5.41) is 16.8. The number of hydrazone groups is 1. The second-order valence-electron chi connectivity index (χ2n) is 5.92. The molecule has 1 heterocycles. The third-order valence-corrected chi connectivity index (χ3v) is 4.92. The van der Waals surface area contributed by atoms with E-state index in [0.29, 0.717) is 0 Å². The van der Waals surface area contributed by atoms with Crippen LogP contribution < -0.4 is 27.0 Å². The lowest BCUT2D eigenvalue weighted by molar-refractivity contribution is -0.564. The number of hydrogen-bond donors (Lipinski definition) is 2. The van der Waals surface area contributed by atoms with E-state index < -0.39 is 0 Å². The zero-order valence-electron chi connectivity index (χ0n) is 14.9. The van der Waals surface area contributed by atoms with E-state index in [0.717, 1.165) is 27.6 Å². The fourth-order valence-corrected chi connectivity index (χ4v) is 3.64. The molecule has 1 aromatic heterocycles. The van der Waals surface area contributed by atoms with E-state index in [1.165, 1.54) is 0 Å². The summed E-state index contributed by atoms with van der Waals surface area (Å²) in [6.45, 7) is 0. The van der Waals surface area contributed by atoms with Crippen LogP contribution in [-0.2, 0) is 0 Å². The van der Waals surface area contributed by atoms with E-state index in [2.05, 4.69) is 44.7 Å². The van der Waals surface area contributed by atoms with E-state index in [-0.39, 0.29) is 22.7 Å². The fourth-order valence-electron chi connectivity index (χ4n) is 2.76. The SMILES string of the molecule is Oc1ccc(/C=N\Nc2scc(-c3ccccc3)[n+]2-c2ccccc2)cc1.[Br-]. The summed E-state index contributed by atoms with van der Waals surface area (Å²) in [5.74, 6) is 0.243. The van der Waals surface area contributed by atoms with Crippen LogP contribution in [0, 0.1) is 0 Å². The van der Waals surface area contributed by atoms with Crippen LogP contribution in [0.5, 0.6) is 5.75 Å². The Balaban J connectivity index is 0.00000225. The molecule has 0 atom stereocenters. The number of para-hydroxylation sites is 1. The molecule has 2 N–H and O–H groups in total. The van der Waals surface area contributed by atoms with Crippen LogP contribution in [0.15, 0.2) is 95.4 Å². The average molecular weight is 452 g/mol. The summed E-state index contributed by atoms with van der Waals surface area (Å²) in [7, 11) is 0. The molecule has 4 rings (SSSR count). The fraction of sp³-hybridized carbons (Fsp3) is 0. The Kier molecular flexibility index (Phi) is 6.57. The minimum absolute atomic E-state index is 0. The highest BCUT2D eigenvalue weighted by Crippen LogP contribution is 2.25. The highest BCUT2D eigenvalue weighted by Gasteiger charge is 2.20. The second-order valence-corrected chi connectivity index (χ2v) is 6.78. The van der Waals surface area contributed by atoms with Gasteiger partial charge in [-0.1, -0.05) is 65.0 Å². The summed E-state index contributed by atoms with van der Waals surface area (Å²) < 4.78 is 2.16. The van der Waals surface area contributed by atoms with Crippen LogP contribution in [0.2, 0.25) is 0 Å². The van der Waals surface area contributed by atoms with Gasteiger partial charge in [0.2, 0.25) is 0 Å². The highest BCUT2D eigenvalue weighted by atomic mass is 79.9. The van der Waals surface area contributed by atoms with Crippen LogP contribution in [0.4, 0.5) is 5.13 Å². The molecule has 28 heavy (non-hydrogen) atoms. The number of rotatable bonds is 5. The molecule has 0 saturated heterocycles. The van der Waals surface area contributed by atoms with E-state index >= 15 is 0 Å². The Morgan fingerprint density at radius 3 is 2.18 bits per heavy atom. The molecule has 0 fully saturated rings. The lowest BCUT2D eigenvalue weighted by Gasteiger charge is -2.04. The number of nitrogens with zero attached hydrogens (tertiary/aromatic N) is 2. The largest absolute Gasteiger partial charge is 1.00 e. The number of phenolic OH excluding ortho intramolecular Hbond substituents is 1. The quantitative estimate of drug-likeness (QED) is 0.276. The second kappa shape index (κ2) is 9.30. The van der Waals surface area contributed by atoms with Crippen LogP contribution in [-0.4, -0.2) is 11.3 Å². The van der Waals surface area contributed by atoms with Gasteiger partial charge in [0.25, 0.3) is 0 Å². The predicted octanol–water partition coefficient (Wildman–Crippen LogP) is 1.85. The highest BCUT2D eigenvalue weighted by molar-refractivity contribution is 7.13. The molecule has 0 aliphatic rings. The van der Waals surface area contributed by atoms with Crippen molar-refractivity contribution in [2.24, 2.45) is 5.10 Å². The standard InChI is InChI=1S/C22H17N3OS.BrH/c26-20-13-11-17(12-14-20)15-23-24-22-25(19-9-5-2-6-10-19)21(16-27-22)18-7-3-1-4-8-18;/h1-16H,(H,23,26);1H. The molecule has 0 radical (unpaired) electrons. The van der Waals surface area contributed by atoms with Crippen molar-refractivity contribution in [3.8, 4) is 22.7 Å². The third kappa shape index (κ3) is 4.47. The monoisotopic (exact) mass is 451 g/mol. The number of anilines is 1. The first-order valence-electron chi connectivity index (χ1n) is 8.54. The van der Waals surface area contributed by atoms with Crippen LogP contribution in [0.25, 0.3) is 16.9 Å². The molecule has 6 heteroatoms. The molecule has 0 saturated carbocycles. The van der Waals surface area contributed by atoms with Crippen LogP contribution >= 0.6 is 11.3 Å². The normalized spacial score (nSPS) is 10.6. The lowest BCUT2D eigenvalue weighted by atomic mass is 10.1. The van der Waals surface area contributed by atoms with Crippen molar-refractivity contribution >= 4 is 22.7 Å². The van der Waals surface area contributed by atoms with Gasteiger partial charge in [-0.05, 0) is 42.0 Å². The van der Waals surface area contributed by atoms with Gasteiger partial charge in [0, 0.05) is 10.9 Å². The Morgan fingerprint density at radius 2 is 1.50 bits per heavy atom. The van der Waals surface area contributed by atoms with Gasteiger partial charge in [-0.25, -0.2) is 0 Å². The summed E-state index contributed by atoms with van der Waals surface area (Å²) in [4.78, 5) is 0. The van der Waals surface area contributed by atoms with Crippen molar-refractivity contribution in [3.05, 3.63) is 95.9 Å². The molecular weight excluding hydrogens is 434 g/mol. The van der Waals surface area contributed by atoms with E-state index in [4.69, 9.17) is 0 Å². The van der Waals surface area contributed by atoms with Crippen molar-refractivity contribution in [3.63, 3.8) is 0 Å². The zero-order valence-corrected chi connectivity index (χ0v) is 17.3. The Bertz CT molecular complexity index is 1050. The number of aromatic nitrogens is 1. The third-order valence-electron chi connectivity index (χ3n) is 4.08. The van der Waals surface area contributed by atoms with Gasteiger partial charge in [0.1, 0.15) is 11.4 Å².